The molecule has 166 valence electrons. The Balaban J connectivity index is 1.64. The summed E-state index contributed by atoms with van der Waals surface area (Å²) in [5.41, 5.74) is 1.64. The third-order valence-corrected chi connectivity index (χ3v) is 5.80. The van der Waals surface area contributed by atoms with Gasteiger partial charge in [0.15, 0.2) is 0 Å². The molecule has 4 rings (SSSR count). The van der Waals surface area contributed by atoms with E-state index in [4.69, 9.17) is 5.11 Å². The van der Waals surface area contributed by atoms with E-state index < -0.39 is 36.7 Å². The van der Waals surface area contributed by atoms with Crippen LogP contribution in [0.4, 0.5) is 23.7 Å². The monoisotopic (exact) mass is 439 g/mol. The second-order valence-electron chi connectivity index (χ2n) is 7.69. The number of alkyl halides is 3. The number of benzene rings is 1. The largest absolute Gasteiger partial charge is 0.465 e. The Morgan fingerprint density at radius 3 is 2.65 bits per heavy atom. The van der Waals surface area contributed by atoms with Gasteiger partial charge < -0.3 is 10.0 Å². The SMILES string of the molecule is Cn1nc(C2CCC(=O)NC2=O)c2ccc(N3CCN(C(=O)O)[C@H](C(F)(F)F)C3)cc21. The van der Waals surface area contributed by atoms with Crippen molar-refractivity contribution in [3.8, 4) is 0 Å². The number of hydrogen-bond acceptors (Lipinski definition) is 5. The molecule has 1 aromatic heterocycles. The van der Waals surface area contributed by atoms with Gasteiger partial charge in [0, 0.05) is 44.2 Å². The molecule has 0 bridgehead atoms. The molecular weight excluding hydrogens is 419 g/mol. The van der Waals surface area contributed by atoms with Crippen LogP contribution in [0.2, 0.25) is 0 Å². The van der Waals surface area contributed by atoms with Gasteiger partial charge in [-0.3, -0.25) is 24.5 Å². The average Bonchev–Trinajstić information content (AvgIpc) is 3.02. The molecule has 0 saturated carbocycles. The molecule has 2 N–H and O–H groups in total. The molecule has 12 heteroatoms. The number of aryl methyl sites for hydroxylation is 1. The number of halogens is 3. The van der Waals surface area contributed by atoms with E-state index in [2.05, 4.69) is 10.4 Å². The Bertz CT molecular complexity index is 1070. The fraction of sp³-hybridized carbons (Fsp3) is 0.474. The Morgan fingerprint density at radius 1 is 1.26 bits per heavy atom. The lowest BCUT2D eigenvalue weighted by Crippen LogP contribution is -2.60. The van der Waals surface area contributed by atoms with Gasteiger partial charge in [-0.25, -0.2) is 4.79 Å². The molecule has 1 unspecified atom stereocenters. The zero-order valence-electron chi connectivity index (χ0n) is 16.5. The first-order chi connectivity index (χ1) is 14.6. The van der Waals surface area contributed by atoms with E-state index in [-0.39, 0.29) is 25.4 Å². The van der Waals surface area contributed by atoms with Crippen LogP contribution < -0.4 is 10.2 Å². The van der Waals surface area contributed by atoms with Crippen molar-refractivity contribution in [2.24, 2.45) is 7.05 Å². The summed E-state index contributed by atoms with van der Waals surface area (Å²) in [4.78, 5) is 36.8. The standard InChI is InChI=1S/C19H20F3N5O4/c1-25-13-8-10(26-6-7-27(18(30)31)14(9-26)19(20,21)22)2-3-11(13)16(24-25)12-4-5-15(28)23-17(12)29/h2-3,8,12,14H,4-7,9H2,1H3,(H,30,31)(H,23,28,29)/t12?,14-/m0/s1. The molecule has 0 spiro atoms. The highest BCUT2D eigenvalue weighted by molar-refractivity contribution is 6.02. The number of nitrogens with one attached hydrogen (secondary N) is 1. The fourth-order valence-electron chi connectivity index (χ4n) is 4.21. The van der Waals surface area contributed by atoms with E-state index in [1.807, 2.05) is 0 Å². The van der Waals surface area contributed by atoms with Crippen LogP contribution in [0.1, 0.15) is 24.5 Å². The summed E-state index contributed by atoms with van der Waals surface area (Å²) in [6.45, 7) is -0.675. The van der Waals surface area contributed by atoms with E-state index in [1.165, 1.54) is 4.90 Å². The van der Waals surface area contributed by atoms with E-state index >= 15 is 0 Å². The topological polar surface area (TPSA) is 108 Å². The van der Waals surface area contributed by atoms with Crippen LogP contribution in [0.15, 0.2) is 18.2 Å². The van der Waals surface area contributed by atoms with Gasteiger partial charge in [-0.1, -0.05) is 0 Å². The van der Waals surface area contributed by atoms with Crippen LogP contribution in [0.5, 0.6) is 0 Å². The van der Waals surface area contributed by atoms with Gasteiger partial charge in [-0.15, -0.1) is 0 Å². The minimum absolute atomic E-state index is 0.113. The van der Waals surface area contributed by atoms with Crippen molar-refractivity contribution in [3.63, 3.8) is 0 Å². The summed E-state index contributed by atoms with van der Waals surface area (Å²) in [5.74, 6) is -1.33. The minimum Gasteiger partial charge on any atom is -0.465 e. The number of aromatic nitrogens is 2. The van der Waals surface area contributed by atoms with Gasteiger partial charge in [-0.05, 0) is 24.6 Å². The number of nitrogens with zero attached hydrogens (tertiary/aromatic N) is 4. The van der Waals surface area contributed by atoms with Crippen molar-refractivity contribution in [1.82, 2.24) is 20.0 Å². The number of anilines is 1. The summed E-state index contributed by atoms with van der Waals surface area (Å²) in [5, 5.41) is 16.5. The van der Waals surface area contributed by atoms with Crippen molar-refractivity contribution < 1.29 is 32.7 Å². The normalized spacial score (nSPS) is 22.7. The average molecular weight is 439 g/mol. The maximum absolute atomic E-state index is 13.4. The number of carboxylic acid groups (broad SMARTS) is 1. The zero-order valence-corrected chi connectivity index (χ0v) is 16.5. The molecule has 3 amide bonds. The van der Waals surface area contributed by atoms with Crippen molar-refractivity contribution in [2.45, 2.75) is 31.0 Å². The molecule has 2 atom stereocenters. The van der Waals surface area contributed by atoms with Crippen LogP contribution in [0, 0.1) is 0 Å². The lowest BCUT2D eigenvalue weighted by Gasteiger charge is -2.41. The molecule has 2 aliphatic rings. The Kier molecular flexibility index (Phi) is 5.02. The van der Waals surface area contributed by atoms with Crippen LogP contribution in [0.25, 0.3) is 10.9 Å². The Hall–Kier alpha value is -3.31. The molecule has 3 heterocycles. The van der Waals surface area contributed by atoms with Gasteiger partial charge in [0.2, 0.25) is 11.8 Å². The molecule has 0 radical (unpaired) electrons. The third kappa shape index (κ3) is 3.77. The number of fused-ring (bicyclic) bond motifs is 1. The number of amides is 3. The number of piperazine rings is 1. The second-order valence-corrected chi connectivity index (χ2v) is 7.69. The number of hydrogen-bond donors (Lipinski definition) is 2. The highest BCUT2D eigenvalue weighted by atomic mass is 19.4. The summed E-state index contributed by atoms with van der Waals surface area (Å²) >= 11 is 0. The molecule has 2 fully saturated rings. The van der Waals surface area contributed by atoms with Gasteiger partial charge in [0.25, 0.3) is 0 Å². The predicted octanol–water partition coefficient (Wildman–Crippen LogP) is 1.82. The van der Waals surface area contributed by atoms with E-state index in [0.717, 1.165) is 0 Å². The maximum atomic E-state index is 13.4. The Labute approximate surface area is 174 Å². The highest BCUT2D eigenvalue weighted by Crippen LogP contribution is 2.34. The van der Waals surface area contributed by atoms with E-state index in [0.29, 0.717) is 33.6 Å². The predicted molar refractivity (Wildman–Crippen MR) is 103 cm³/mol. The van der Waals surface area contributed by atoms with Crippen LogP contribution >= 0.6 is 0 Å². The first-order valence-electron chi connectivity index (χ1n) is 9.68. The molecule has 2 aliphatic heterocycles. The lowest BCUT2D eigenvalue weighted by molar-refractivity contribution is -0.178. The Morgan fingerprint density at radius 2 is 2.00 bits per heavy atom. The van der Waals surface area contributed by atoms with Crippen LogP contribution in [0.3, 0.4) is 0 Å². The third-order valence-electron chi connectivity index (χ3n) is 5.80. The van der Waals surface area contributed by atoms with Crippen LogP contribution in [-0.4, -0.2) is 69.5 Å². The molecular formula is C19H20F3N5O4. The second kappa shape index (κ2) is 7.43. The van der Waals surface area contributed by atoms with Gasteiger partial charge >= 0.3 is 12.3 Å². The number of imide groups is 1. The number of piperidine rings is 1. The number of carbonyl (C=O) groups is 3. The van der Waals surface area contributed by atoms with Crippen LogP contribution in [-0.2, 0) is 16.6 Å². The first-order valence-corrected chi connectivity index (χ1v) is 9.68. The molecule has 31 heavy (non-hydrogen) atoms. The van der Waals surface area contributed by atoms with Gasteiger partial charge in [-0.2, -0.15) is 18.3 Å². The van der Waals surface area contributed by atoms with E-state index in [9.17, 15) is 27.6 Å². The lowest BCUT2D eigenvalue weighted by atomic mass is 9.93. The molecule has 2 saturated heterocycles. The van der Waals surface area contributed by atoms with Gasteiger partial charge in [0.05, 0.1) is 17.1 Å². The van der Waals surface area contributed by atoms with Crippen molar-refractivity contribution in [2.75, 3.05) is 24.5 Å². The van der Waals surface area contributed by atoms with Crippen molar-refractivity contribution >= 4 is 34.5 Å². The number of carbonyl (C=O) groups excluding carboxylic acids is 2. The molecule has 9 nitrogen and oxygen atoms in total. The van der Waals surface area contributed by atoms with Crippen molar-refractivity contribution in [1.29, 1.82) is 0 Å². The maximum Gasteiger partial charge on any atom is 0.410 e. The quantitative estimate of drug-likeness (QED) is 0.692. The summed E-state index contributed by atoms with van der Waals surface area (Å²) in [6.07, 6.45) is -5.74. The zero-order chi connectivity index (χ0) is 22.5. The minimum atomic E-state index is -4.69. The summed E-state index contributed by atoms with van der Waals surface area (Å²) in [7, 11) is 1.67. The van der Waals surface area contributed by atoms with Crippen molar-refractivity contribution in [3.05, 3.63) is 23.9 Å². The highest BCUT2D eigenvalue weighted by Gasteiger charge is 2.48. The molecule has 0 aliphatic carbocycles. The summed E-state index contributed by atoms with van der Waals surface area (Å²) < 4.78 is 41.8. The first kappa shape index (κ1) is 20.9. The number of rotatable bonds is 2. The summed E-state index contributed by atoms with van der Waals surface area (Å²) in [6, 6.07) is 2.90. The molecule has 2 aromatic rings. The smallest absolute Gasteiger partial charge is 0.410 e. The van der Waals surface area contributed by atoms with Gasteiger partial charge in [0.1, 0.15) is 6.04 Å². The fourth-order valence-corrected chi connectivity index (χ4v) is 4.21. The van der Waals surface area contributed by atoms with E-state index in [1.54, 1.807) is 29.9 Å². The molecule has 1 aromatic carbocycles.